The van der Waals surface area contributed by atoms with Crippen molar-refractivity contribution in [3.63, 3.8) is 0 Å². The summed E-state index contributed by atoms with van der Waals surface area (Å²) < 4.78 is 0. The number of hydrogen-bond donors (Lipinski definition) is 2. The third-order valence-electron chi connectivity index (χ3n) is 2.28. The van der Waals surface area contributed by atoms with E-state index in [1.807, 2.05) is 0 Å². The summed E-state index contributed by atoms with van der Waals surface area (Å²) in [5.74, 6) is -3.05. The van der Waals surface area contributed by atoms with Crippen molar-refractivity contribution in [3.8, 4) is 0 Å². The van der Waals surface area contributed by atoms with E-state index in [0.29, 0.717) is 12.0 Å². The Kier molecular flexibility index (Phi) is 4.39. The van der Waals surface area contributed by atoms with Gasteiger partial charge < -0.3 is 10.4 Å². The van der Waals surface area contributed by atoms with Crippen LogP contribution in [0.4, 0.5) is 0 Å². The normalized spacial score (nSPS) is 11.6. The highest BCUT2D eigenvalue weighted by Gasteiger charge is 2.22. The van der Waals surface area contributed by atoms with Gasteiger partial charge in [-0.25, -0.2) is 4.79 Å². The minimum absolute atomic E-state index is 0.289. The fourth-order valence-electron chi connectivity index (χ4n) is 1.38. The highest BCUT2D eigenvalue weighted by Crippen LogP contribution is 2.05. The van der Waals surface area contributed by atoms with Crippen LogP contribution < -0.4 is 5.32 Å². The Bertz CT molecular complexity index is 427. The van der Waals surface area contributed by atoms with Gasteiger partial charge in [-0.3, -0.25) is 9.59 Å². The zero-order valence-corrected chi connectivity index (χ0v) is 9.34. The molecule has 0 aliphatic rings. The third-order valence-corrected chi connectivity index (χ3v) is 2.28. The van der Waals surface area contributed by atoms with Gasteiger partial charge in [-0.15, -0.1) is 0 Å². The van der Waals surface area contributed by atoms with Gasteiger partial charge in [-0.1, -0.05) is 37.3 Å². The predicted molar refractivity (Wildman–Crippen MR) is 60.6 cm³/mol. The fourth-order valence-corrected chi connectivity index (χ4v) is 1.38. The minimum Gasteiger partial charge on any atom is -0.474 e. The number of amides is 1. The molecule has 0 spiro atoms. The summed E-state index contributed by atoms with van der Waals surface area (Å²) in [6.07, 6.45) is 0.340. The van der Waals surface area contributed by atoms with Crippen LogP contribution in [-0.4, -0.2) is 28.8 Å². The van der Waals surface area contributed by atoms with Gasteiger partial charge in [0, 0.05) is 5.56 Å². The van der Waals surface area contributed by atoms with Gasteiger partial charge in [0.25, 0.3) is 0 Å². The summed E-state index contributed by atoms with van der Waals surface area (Å²) in [6, 6.07) is 7.63. The lowest BCUT2D eigenvalue weighted by Gasteiger charge is -2.14. The van der Waals surface area contributed by atoms with Crippen LogP contribution in [0.3, 0.4) is 0 Å². The molecule has 0 saturated carbocycles. The average molecular weight is 235 g/mol. The molecule has 1 amide bonds. The molecule has 1 aromatic rings. The van der Waals surface area contributed by atoms with Gasteiger partial charge in [0.2, 0.25) is 0 Å². The Morgan fingerprint density at radius 2 is 1.82 bits per heavy atom. The van der Waals surface area contributed by atoms with Gasteiger partial charge in [0.1, 0.15) is 0 Å². The molecule has 1 unspecified atom stereocenters. The number of benzene rings is 1. The molecule has 5 nitrogen and oxygen atoms in total. The lowest BCUT2D eigenvalue weighted by molar-refractivity contribution is -0.150. The van der Waals surface area contributed by atoms with Crippen molar-refractivity contribution in [2.75, 3.05) is 0 Å². The van der Waals surface area contributed by atoms with E-state index in [9.17, 15) is 14.4 Å². The Morgan fingerprint density at radius 3 is 2.29 bits per heavy atom. The van der Waals surface area contributed by atoms with Gasteiger partial charge in [-0.2, -0.15) is 0 Å². The first-order chi connectivity index (χ1) is 8.06. The topological polar surface area (TPSA) is 83.5 Å². The van der Waals surface area contributed by atoms with Crippen LogP contribution in [0.1, 0.15) is 23.7 Å². The van der Waals surface area contributed by atoms with Crippen LogP contribution in [0, 0.1) is 0 Å². The van der Waals surface area contributed by atoms with E-state index in [4.69, 9.17) is 5.11 Å². The lowest BCUT2D eigenvalue weighted by Crippen LogP contribution is -2.43. The van der Waals surface area contributed by atoms with Gasteiger partial charge >= 0.3 is 11.9 Å². The van der Waals surface area contributed by atoms with Crippen molar-refractivity contribution in [1.29, 1.82) is 0 Å². The first-order valence-electron chi connectivity index (χ1n) is 5.19. The number of ketones is 1. The van der Waals surface area contributed by atoms with Crippen LogP contribution in [0.2, 0.25) is 0 Å². The van der Waals surface area contributed by atoms with Crippen molar-refractivity contribution >= 4 is 17.7 Å². The van der Waals surface area contributed by atoms with Crippen molar-refractivity contribution < 1.29 is 19.5 Å². The Hall–Kier alpha value is -2.17. The molecule has 0 saturated heterocycles. The van der Waals surface area contributed by atoms with E-state index < -0.39 is 17.9 Å². The Labute approximate surface area is 98.4 Å². The second kappa shape index (κ2) is 5.79. The van der Waals surface area contributed by atoms with Gasteiger partial charge in [0.05, 0.1) is 6.04 Å². The minimum atomic E-state index is -1.59. The standard InChI is InChI=1S/C12H13NO4/c1-2-9(13-11(15)12(16)17)10(14)8-6-4-3-5-7-8/h3-7,9H,2H2,1H3,(H,13,15)(H,16,17). The van der Waals surface area contributed by atoms with Crippen LogP contribution in [0.25, 0.3) is 0 Å². The number of carbonyl (C=O) groups excluding carboxylic acids is 2. The molecular weight excluding hydrogens is 222 g/mol. The summed E-state index contributed by atoms with van der Waals surface area (Å²) in [6.45, 7) is 1.70. The zero-order chi connectivity index (χ0) is 12.8. The second-order valence-corrected chi connectivity index (χ2v) is 3.47. The first-order valence-corrected chi connectivity index (χ1v) is 5.19. The maximum absolute atomic E-state index is 11.9. The number of carbonyl (C=O) groups is 3. The predicted octanol–water partition coefficient (Wildman–Crippen LogP) is 0.849. The summed E-state index contributed by atoms with van der Waals surface area (Å²) in [5, 5.41) is 10.6. The summed E-state index contributed by atoms with van der Waals surface area (Å²) in [7, 11) is 0. The first kappa shape index (κ1) is 12.9. The van der Waals surface area contributed by atoms with Crippen LogP contribution >= 0.6 is 0 Å². The molecule has 90 valence electrons. The van der Waals surface area contributed by atoms with E-state index in [1.54, 1.807) is 37.3 Å². The zero-order valence-electron chi connectivity index (χ0n) is 9.34. The van der Waals surface area contributed by atoms with Crippen molar-refractivity contribution in [2.45, 2.75) is 19.4 Å². The van der Waals surface area contributed by atoms with E-state index in [1.165, 1.54) is 0 Å². The maximum Gasteiger partial charge on any atom is 0.394 e. The van der Waals surface area contributed by atoms with E-state index >= 15 is 0 Å². The lowest BCUT2D eigenvalue weighted by atomic mass is 10.0. The van der Waals surface area contributed by atoms with E-state index in [-0.39, 0.29) is 5.78 Å². The molecule has 0 aromatic heterocycles. The molecule has 0 bridgehead atoms. The van der Waals surface area contributed by atoms with Crippen molar-refractivity contribution in [3.05, 3.63) is 35.9 Å². The molecule has 1 atom stereocenters. The molecule has 5 heteroatoms. The Balaban J connectivity index is 2.78. The number of carboxylic acid groups (broad SMARTS) is 1. The number of Topliss-reactive ketones (excluding diaryl/α,β-unsaturated/α-hetero) is 1. The highest BCUT2D eigenvalue weighted by atomic mass is 16.4. The largest absolute Gasteiger partial charge is 0.474 e. The fraction of sp³-hybridized carbons (Fsp3) is 0.250. The number of carboxylic acids is 1. The smallest absolute Gasteiger partial charge is 0.394 e. The van der Waals surface area contributed by atoms with Crippen molar-refractivity contribution in [2.24, 2.45) is 0 Å². The van der Waals surface area contributed by atoms with Crippen LogP contribution in [-0.2, 0) is 9.59 Å². The second-order valence-electron chi connectivity index (χ2n) is 3.47. The highest BCUT2D eigenvalue weighted by molar-refractivity contribution is 6.32. The monoisotopic (exact) mass is 235 g/mol. The molecule has 1 rings (SSSR count). The summed E-state index contributed by atoms with van der Waals surface area (Å²) in [4.78, 5) is 33.3. The van der Waals surface area contributed by atoms with Crippen molar-refractivity contribution in [1.82, 2.24) is 5.32 Å². The summed E-state index contributed by atoms with van der Waals surface area (Å²) >= 11 is 0. The van der Waals surface area contributed by atoms with Crippen LogP contribution in [0.15, 0.2) is 30.3 Å². The Morgan fingerprint density at radius 1 is 1.24 bits per heavy atom. The molecule has 0 radical (unpaired) electrons. The number of aliphatic carboxylic acids is 1. The number of rotatable bonds is 4. The number of nitrogens with one attached hydrogen (secondary N) is 1. The molecule has 0 aliphatic heterocycles. The molecular formula is C12H13NO4. The molecule has 0 fully saturated rings. The molecule has 2 N–H and O–H groups in total. The van der Waals surface area contributed by atoms with E-state index in [0.717, 1.165) is 0 Å². The summed E-state index contributed by atoms with van der Waals surface area (Å²) in [5.41, 5.74) is 0.449. The quantitative estimate of drug-likeness (QED) is 0.598. The van der Waals surface area contributed by atoms with Gasteiger partial charge in [-0.05, 0) is 6.42 Å². The van der Waals surface area contributed by atoms with Crippen LogP contribution in [0.5, 0.6) is 0 Å². The van der Waals surface area contributed by atoms with Gasteiger partial charge in [0.15, 0.2) is 5.78 Å². The third kappa shape index (κ3) is 3.41. The average Bonchev–Trinajstić information content (AvgIpc) is 2.35. The molecule has 0 heterocycles. The SMILES string of the molecule is CCC(NC(=O)C(=O)O)C(=O)c1ccccc1. The molecule has 0 aliphatic carbocycles. The maximum atomic E-state index is 11.9. The van der Waals surface area contributed by atoms with E-state index in [2.05, 4.69) is 5.32 Å². The number of hydrogen-bond acceptors (Lipinski definition) is 3. The molecule has 17 heavy (non-hydrogen) atoms. The molecule has 1 aromatic carbocycles.